The molecule has 2 fully saturated rings. The molecule has 3 rings (SSSR count). The summed E-state index contributed by atoms with van der Waals surface area (Å²) >= 11 is 5.90. The van der Waals surface area contributed by atoms with E-state index in [9.17, 15) is 4.79 Å². The number of anilines is 1. The molecular weight excluding hydrogens is 246 g/mol. The first-order valence-electron chi connectivity index (χ1n) is 6.76. The van der Waals surface area contributed by atoms with Crippen molar-refractivity contribution in [3.8, 4) is 0 Å². The number of hydrogen-bond acceptors (Lipinski definition) is 1. The van der Waals surface area contributed by atoms with E-state index >= 15 is 0 Å². The third-order valence-electron chi connectivity index (χ3n) is 4.44. The van der Waals surface area contributed by atoms with Crippen molar-refractivity contribution in [1.82, 2.24) is 0 Å². The summed E-state index contributed by atoms with van der Waals surface area (Å²) in [4.78, 5) is 12.0. The van der Waals surface area contributed by atoms with Crippen LogP contribution in [0.4, 0.5) is 5.69 Å². The SMILES string of the molecule is O=C(C[C@H]1C[C@H]2CC[C@@H]1C2)Nc1cccc(Cl)c1. The molecule has 0 unspecified atom stereocenters. The van der Waals surface area contributed by atoms with E-state index in [4.69, 9.17) is 11.6 Å². The van der Waals surface area contributed by atoms with Crippen LogP contribution >= 0.6 is 11.6 Å². The lowest BCUT2D eigenvalue weighted by molar-refractivity contribution is -0.117. The van der Waals surface area contributed by atoms with Crippen LogP contribution in [-0.2, 0) is 4.79 Å². The van der Waals surface area contributed by atoms with E-state index in [0.717, 1.165) is 17.5 Å². The van der Waals surface area contributed by atoms with Crippen LogP contribution in [0.15, 0.2) is 24.3 Å². The van der Waals surface area contributed by atoms with Gasteiger partial charge in [-0.1, -0.05) is 24.1 Å². The second-order valence-corrected chi connectivity index (χ2v) is 6.13. The van der Waals surface area contributed by atoms with Gasteiger partial charge in [-0.2, -0.15) is 0 Å². The lowest BCUT2D eigenvalue weighted by Gasteiger charge is -2.20. The van der Waals surface area contributed by atoms with Gasteiger partial charge in [-0.3, -0.25) is 4.79 Å². The Morgan fingerprint density at radius 3 is 2.89 bits per heavy atom. The molecule has 1 aromatic carbocycles. The predicted octanol–water partition coefficient (Wildman–Crippen LogP) is 4.10. The molecule has 0 heterocycles. The minimum absolute atomic E-state index is 0.134. The van der Waals surface area contributed by atoms with Crippen molar-refractivity contribution in [2.75, 3.05) is 5.32 Å². The van der Waals surface area contributed by atoms with Crippen molar-refractivity contribution in [3.63, 3.8) is 0 Å². The highest BCUT2D eigenvalue weighted by Gasteiger charge is 2.40. The molecule has 0 radical (unpaired) electrons. The summed E-state index contributed by atoms with van der Waals surface area (Å²) in [5.41, 5.74) is 0.802. The number of amides is 1. The maximum atomic E-state index is 12.0. The van der Waals surface area contributed by atoms with Crippen LogP contribution in [0.25, 0.3) is 0 Å². The molecule has 1 N–H and O–H groups in total. The fourth-order valence-corrected chi connectivity index (χ4v) is 3.83. The molecule has 2 nitrogen and oxygen atoms in total. The molecule has 2 aliphatic rings. The van der Waals surface area contributed by atoms with Gasteiger partial charge in [-0.05, 0) is 55.2 Å². The minimum Gasteiger partial charge on any atom is -0.326 e. The number of fused-ring (bicyclic) bond motifs is 2. The Labute approximate surface area is 113 Å². The van der Waals surface area contributed by atoms with Gasteiger partial charge in [-0.15, -0.1) is 0 Å². The number of carbonyl (C=O) groups excluding carboxylic acids is 1. The Bertz CT molecular complexity index is 460. The first-order valence-corrected chi connectivity index (χ1v) is 7.14. The number of nitrogens with one attached hydrogen (secondary N) is 1. The molecule has 2 aliphatic carbocycles. The van der Waals surface area contributed by atoms with Crippen LogP contribution in [-0.4, -0.2) is 5.91 Å². The molecule has 3 atom stereocenters. The average Bonchev–Trinajstić information content (AvgIpc) is 2.90. The highest BCUT2D eigenvalue weighted by Crippen LogP contribution is 2.49. The largest absolute Gasteiger partial charge is 0.326 e. The number of carbonyl (C=O) groups is 1. The van der Waals surface area contributed by atoms with Gasteiger partial charge in [0.15, 0.2) is 0 Å². The maximum Gasteiger partial charge on any atom is 0.224 e. The summed E-state index contributed by atoms with van der Waals surface area (Å²) in [5, 5.41) is 3.61. The van der Waals surface area contributed by atoms with E-state index in [-0.39, 0.29) is 5.91 Å². The first kappa shape index (κ1) is 12.0. The van der Waals surface area contributed by atoms with Gasteiger partial charge in [0.2, 0.25) is 5.91 Å². The Balaban J connectivity index is 1.56. The van der Waals surface area contributed by atoms with Crippen LogP contribution in [0, 0.1) is 17.8 Å². The Morgan fingerprint density at radius 1 is 1.33 bits per heavy atom. The summed E-state index contributed by atoms with van der Waals surface area (Å²) < 4.78 is 0. The highest BCUT2D eigenvalue weighted by atomic mass is 35.5. The summed E-state index contributed by atoms with van der Waals surface area (Å²) in [6.07, 6.45) is 6.01. The molecule has 1 amide bonds. The summed E-state index contributed by atoms with van der Waals surface area (Å²) in [7, 11) is 0. The van der Waals surface area contributed by atoms with Crippen LogP contribution in [0.2, 0.25) is 5.02 Å². The maximum absolute atomic E-state index is 12.0. The normalized spacial score (nSPS) is 29.5. The van der Waals surface area contributed by atoms with Crippen molar-refractivity contribution in [2.24, 2.45) is 17.8 Å². The van der Waals surface area contributed by atoms with Gasteiger partial charge in [-0.25, -0.2) is 0 Å². The van der Waals surface area contributed by atoms with Crippen molar-refractivity contribution in [2.45, 2.75) is 32.1 Å². The Morgan fingerprint density at radius 2 is 2.22 bits per heavy atom. The third-order valence-corrected chi connectivity index (χ3v) is 4.68. The number of halogens is 1. The van der Waals surface area contributed by atoms with E-state index in [1.165, 1.54) is 25.7 Å². The molecule has 0 aliphatic heterocycles. The Hall–Kier alpha value is -1.02. The number of hydrogen-bond donors (Lipinski definition) is 1. The van der Waals surface area contributed by atoms with E-state index in [1.807, 2.05) is 18.2 Å². The Kier molecular flexibility index (Phi) is 3.29. The number of benzene rings is 1. The lowest BCUT2D eigenvalue weighted by Crippen LogP contribution is -2.20. The van der Waals surface area contributed by atoms with E-state index in [1.54, 1.807) is 6.07 Å². The van der Waals surface area contributed by atoms with Crippen molar-refractivity contribution < 1.29 is 4.79 Å². The highest BCUT2D eigenvalue weighted by molar-refractivity contribution is 6.30. The second-order valence-electron chi connectivity index (χ2n) is 5.70. The van der Waals surface area contributed by atoms with Gasteiger partial charge in [0.25, 0.3) is 0 Å². The monoisotopic (exact) mass is 263 g/mol. The van der Waals surface area contributed by atoms with Gasteiger partial charge in [0.1, 0.15) is 0 Å². The molecule has 0 aromatic heterocycles. The van der Waals surface area contributed by atoms with Crippen molar-refractivity contribution in [3.05, 3.63) is 29.3 Å². The lowest BCUT2D eigenvalue weighted by atomic mass is 9.86. The topological polar surface area (TPSA) is 29.1 Å². The first-order chi connectivity index (χ1) is 8.70. The zero-order valence-electron chi connectivity index (χ0n) is 10.4. The smallest absolute Gasteiger partial charge is 0.224 e. The fourth-order valence-electron chi connectivity index (χ4n) is 3.64. The third kappa shape index (κ3) is 2.54. The standard InChI is InChI=1S/C15H18ClNO/c16-13-2-1-3-14(9-13)17-15(18)8-12-7-10-4-5-11(12)6-10/h1-3,9-12H,4-8H2,(H,17,18)/t10-,11+,12+/m0/s1. The van der Waals surface area contributed by atoms with Gasteiger partial charge in [0.05, 0.1) is 0 Å². The predicted molar refractivity (Wildman–Crippen MR) is 73.6 cm³/mol. The molecular formula is C15H18ClNO. The van der Waals surface area contributed by atoms with Gasteiger partial charge < -0.3 is 5.32 Å². The fraction of sp³-hybridized carbons (Fsp3) is 0.533. The van der Waals surface area contributed by atoms with E-state index in [0.29, 0.717) is 17.4 Å². The van der Waals surface area contributed by atoms with Crippen molar-refractivity contribution in [1.29, 1.82) is 0 Å². The molecule has 0 spiro atoms. The molecule has 0 saturated heterocycles. The van der Waals surface area contributed by atoms with Crippen LogP contribution in [0.1, 0.15) is 32.1 Å². The van der Waals surface area contributed by atoms with Gasteiger partial charge in [0, 0.05) is 17.1 Å². The van der Waals surface area contributed by atoms with Crippen LogP contribution < -0.4 is 5.32 Å². The quantitative estimate of drug-likeness (QED) is 0.874. The molecule has 1 aromatic rings. The van der Waals surface area contributed by atoms with Crippen LogP contribution in [0.5, 0.6) is 0 Å². The molecule has 96 valence electrons. The molecule has 2 saturated carbocycles. The zero-order valence-corrected chi connectivity index (χ0v) is 11.1. The average molecular weight is 264 g/mol. The molecule has 18 heavy (non-hydrogen) atoms. The summed E-state index contributed by atoms with van der Waals surface area (Å²) in [6, 6.07) is 7.34. The summed E-state index contributed by atoms with van der Waals surface area (Å²) in [5.74, 6) is 2.46. The second kappa shape index (κ2) is 4.93. The molecule has 2 bridgehead atoms. The summed E-state index contributed by atoms with van der Waals surface area (Å²) in [6.45, 7) is 0. The molecule has 3 heteroatoms. The van der Waals surface area contributed by atoms with Crippen molar-refractivity contribution >= 4 is 23.2 Å². The van der Waals surface area contributed by atoms with Gasteiger partial charge >= 0.3 is 0 Å². The minimum atomic E-state index is 0.134. The van der Waals surface area contributed by atoms with E-state index < -0.39 is 0 Å². The zero-order chi connectivity index (χ0) is 12.5. The number of rotatable bonds is 3. The van der Waals surface area contributed by atoms with E-state index in [2.05, 4.69) is 5.32 Å². The van der Waals surface area contributed by atoms with Crippen LogP contribution in [0.3, 0.4) is 0 Å².